The Morgan fingerprint density at radius 1 is 1.05 bits per heavy atom. The Labute approximate surface area is 122 Å². The number of carbonyl (C=O) groups is 1. The fraction of sp³-hybridized carbons (Fsp3) is 0.706. The van der Waals surface area contributed by atoms with Gasteiger partial charge in [-0.2, -0.15) is 0 Å². The van der Waals surface area contributed by atoms with Crippen molar-refractivity contribution in [3.05, 3.63) is 24.2 Å². The molecule has 0 saturated heterocycles. The van der Waals surface area contributed by atoms with E-state index in [-0.39, 0.29) is 5.97 Å². The molecule has 3 nitrogen and oxygen atoms in total. The first kappa shape index (κ1) is 16.8. The standard InChI is InChI=1S/C17H28O3/c1-2-3-4-5-6-7-8-9-10-11-17(18)20-15-16-12-13-19-14-16/h12-14H,2-11,15H2,1H3. The Kier molecular flexibility index (Phi) is 9.72. The molecule has 0 aromatic carbocycles. The normalized spacial score (nSPS) is 10.7. The van der Waals surface area contributed by atoms with E-state index in [1.807, 2.05) is 6.07 Å². The molecule has 0 spiro atoms. The lowest BCUT2D eigenvalue weighted by Gasteiger charge is -2.03. The first-order chi connectivity index (χ1) is 9.83. The van der Waals surface area contributed by atoms with E-state index in [0.29, 0.717) is 13.0 Å². The number of carbonyl (C=O) groups excluding carboxylic acids is 1. The van der Waals surface area contributed by atoms with E-state index in [1.165, 1.54) is 44.9 Å². The Morgan fingerprint density at radius 3 is 2.30 bits per heavy atom. The predicted molar refractivity (Wildman–Crippen MR) is 80.3 cm³/mol. The second-order valence-electron chi connectivity index (χ2n) is 5.37. The van der Waals surface area contributed by atoms with Gasteiger partial charge in [0.15, 0.2) is 0 Å². The van der Waals surface area contributed by atoms with E-state index in [9.17, 15) is 4.79 Å². The van der Waals surface area contributed by atoms with Crippen molar-refractivity contribution < 1.29 is 13.9 Å². The van der Waals surface area contributed by atoms with Gasteiger partial charge in [-0.05, 0) is 12.5 Å². The Hall–Kier alpha value is -1.25. The van der Waals surface area contributed by atoms with Crippen LogP contribution in [0.15, 0.2) is 23.0 Å². The molecule has 114 valence electrons. The van der Waals surface area contributed by atoms with Crippen LogP contribution < -0.4 is 0 Å². The minimum absolute atomic E-state index is 0.103. The molecule has 3 heteroatoms. The van der Waals surface area contributed by atoms with Gasteiger partial charge in [-0.3, -0.25) is 4.79 Å². The van der Waals surface area contributed by atoms with Crippen LogP contribution in [0.1, 0.15) is 76.7 Å². The monoisotopic (exact) mass is 280 g/mol. The summed E-state index contributed by atoms with van der Waals surface area (Å²) in [5.41, 5.74) is 0.908. The molecule has 0 aliphatic rings. The van der Waals surface area contributed by atoms with Crippen LogP contribution in [-0.2, 0) is 16.1 Å². The number of rotatable bonds is 12. The molecule has 0 amide bonds. The highest BCUT2D eigenvalue weighted by Crippen LogP contribution is 2.11. The SMILES string of the molecule is CCCCCCCCCCCC(=O)OCc1ccoc1. The summed E-state index contributed by atoms with van der Waals surface area (Å²) in [4.78, 5) is 11.5. The number of unbranched alkanes of at least 4 members (excludes halogenated alkanes) is 8. The fourth-order valence-electron chi connectivity index (χ4n) is 2.19. The van der Waals surface area contributed by atoms with Crippen LogP contribution in [0.5, 0.6) is 0 Å². The molecule has 1 heterocycles. The van der Waals surface area contributed by atoms with Gasteiger partial charge in [0, 0.05) is 12.0 Å². The molecule has 0 aliphatic carbocycles. The van der Waals surface area contributed by atoms with E-state index in [2.05, 4.69) is 6.92 Å². The van der Waals surface area contributed by atoms with E-state index in [0.717, 1.165) is 18.4 Å². The number of furan rings is 1. The smallest absolute Gasteiger partial charge is 0.306 e. The predicted octanol–water partition coefficient (Wildman–Crippen LogP) is 5.24. The highest BCUT2D eigenvalue weighted by molar-refractivity contribution is 5.69. The van der Waals surface area contributed by atoms with Crippen LogP contribution in [0.3, 0.4) is 0 Å². The molecule has 0 radical (unpaired) electrons. The lowest BCUT2D eigenvalue weighted by atomic mass is 10.1. The van der Waals surface area contributed by atoms with Gasteiger partial charge in [-0.15, -0.1) is 0 Å². The summed E-state index contributed by atoms with van der Waals surface area (Å²) in [5.74, 6) is -0.103. The molecular weight excluding hydrogens is 252 g/mol. The Morgan fingerprint density at radius 2 is 1.70 bits per heavy atom. The zero-order chi connectivity index (χ0) is 14.5. The molecule has 0 fully saturated rings. The molecular formula is C17H28O3. The first-order valence-corrected chi connectivity index (χ1v) is 7.99. The van der Waals surface area contributed by atoms with Crippen molar-refractivity contribution in [1.29, 1.82) is 0 Å². The van der Waals surface area contributed by atoms with Crippen molar-refractivity contribution in [3.8, 4) is 0 Å². The van der Waals surface area contributed by atoms with Crippen LogP contribution >= 0.6 is 0 Å². The van der Waals surface area contributed by atoms with Crippen LogP contribution in [0, 0.1) is 0 Å². The molecule has 1 aromatic rings. The van der Waals surface area contributed by atoms with Crippen LogP contribution in [0.25, 0.3) is 0 Å². The first-order valence-electron chi connectivity index (χ1n) is 7.99. The molecule has 0 aliphatic heterocycles. The third-order valence-electron chi connectivity index (χ3n) is 3.46. The number of hydrogen-bond acceptors (Lipinski definition) is 3. The van der Waals surface area contributed by atoms with Gasteiger partial charge in [0.1, 0.15) is 6.61 Å². The van der Waals surface area contributed by atoms with Gasteiger partial charge in [-0.1, -0.05) is 58.3 Å². The average Bonchev–Trinajstić information content (AvgIpc) is 2.96. The van der Waals surface area contributed by atoms with Crippen LogP contribution in [-0.4, -0.2) is 5.97 Å². The van der Waals surface area contributed by atoms with Gasteiger partial charge in [0.05, 0.1) is 12.5 Å². The van der Waals surface area contributed by atoms with Crippen molar-refractivity contribution >= 4 is 5.97 Å². The van der Waals surface area contributed by atoms with Crippen molar-refractivity contribution in [1.82, 2.24) is 0 Å². The maximum atomic E-state index is 11.5. The summed E-state index contributed by atoms with van der Waals surface area (Å²) in [7, 11) is 0. The van der Waals surface area contributed by atoms with E-state index in [4.69, 9.17) is 9.15 Å². The minimum Gasteiger partial charge on any atom is -0.472 e. The van der Waals surface area contributed by atoms with Crippen molar-refractivity contribution in [2.75, 3.05) is 0 Å². The number of ether oxygens (including phenoxy) is 1. The summed E-state index contributed by atoms with van der Waals surface area (Å²) < 4.78 is 10.1. The van der Waals surface area contributed by atoms with Gasteiger partial charge in [-0.25, -0.2) is 0 Å². The van der Waals surface area contributed by atoms with Crippen LogP contribution in [0.4, 0.5) is 0 Å². The quantitative estimate of drug-likeness (QED) is 0.388. The number of esters is 1. The molecule has 0 saturated carbocycles. The summed E-state index contributed by atoms with van der Waals surface area (Å²) >= 11 is 0. The van der Waals surface area contributed by atoms with Gasteiger partial charge < -0.3 is 9.15 Å². The molecule has 20 heavy (non-hydrogen) atoms. The molecule has 0 N–H and O–H groups in total. The summed E-state index contributed by atoms with van der Waals surface area (Å²) in [5, 5.41) is 0. The lowest BCUT2D eigenvalue weighted by Crippen LogP contribution is -2.03. The summed E-state index contributed by atoms with van der Waals surface area (Å²) in [6.07, 6.45) is 15.1. The fourth-order valence-corrected chi connectivity index (χ4v) is 2.19. The largest absolute Gasteiger partial charge is 0.472 e. The van der Waals surface area contributed by atoms with Gasteiger partial charge >= 0.3 is 5.97 Å². The van der Waals surface area contributed by atoms with E-state index < -0.39 is 0 Å². The third-order valence-corrected chi connectivity index (χ3v) is 3.46. The van der Waals surface area contributed by atoms with Crippen molar-refractivity contribution in [3.63, 3.8) is 0 Å². The summed E-state index contributed by atoms with van der Waals surface area (Å²) in [6.45, 7) is 2.57. The maximum absolute atomic E-state index is 11.5. The van der Waals surface area contributed by atoms with Gasteiger partial charge in [0.25, 0.3) is 0 Å². The molecule has 1 aromatic heterocycles. The molecule has 0 bridgehead atoms. The Balaban J connectivity index is 1.84. The lowest BCUT2D eigenvalue weighted by molar-refractivity contribution is -0.145. The van der Waals surface area contributed by atoms with E-state index >= 15 is 0 Å². The van der Waals surface area contributed by atoms with Crippen LogP contribution in [0.2, 0.25) is 0 Å². The number of hydrogen-bond donors (Lipinski definition) is 0. The zero-order valence-corrected chi connectivity index (χ0v) is 12.7. The Bertz CT molecular complexity index is 330. The van der Waals surface area contributed by atoms with Gasteiger partial charge in [0.2, 0.25) is 0 Å². The van der Waals surface area contributed by atoms with Crippen molar-refractivity contribution in [2.45, 2.75) is 77.7 Å². The molecule has 1 rings (SSSR count). The minimum atomic E-state index is -0.103. The second-order valence-corrected chi connectivity index (χ2v) is 5.37. The highest BCUT2D eigenvalue weighted by atomic mass is 16.5. The third kappa shape index (κ3) is 8.78. The topological polar surface area (TPSA) is 39.4 Å². The molecule has 0 unspecified atom stereocenters. The molecule has 0 atom stereocenters. The maximum Gasteiger partial charge on any atom is 0.306 e. The summed E-state index contributed by atoms with van der Waals surface area (Å²) in [6, 6.07) is 1.81. The highest BCUT2D eigenvalue weighted by Gasteiger charge is 2.03. The van der Waals surface area contributed by atoms with Crippen molar-refractivity contribution in [2.24, 2.45) is 0 Å². The van der Waals surface area contributed by atoms with E-state index in [1.54, 1.807) is 12.5 Å². The zero-order valence-electron chi connectivity index (χ0n) is 12.7. The average molecular weight is 280 g/mol. The second kappa shape index (κ2) is 11.6.